The first-order chi connectivity index (χ1) is 12.5. The number of nitrogens with zero attached hydrogens (tertiary/aromatic N) is 2. The maximum absolute atomic E-state index is 14.3. The van der Waals surface area contributed by atoms with E-state index < -0.39 is 11.7 Å². The lowest BCUT2D eigenvalue weighted by molar-refractivity contribution is -0.153. The van der Waals surface area contributed by atoms with Crippen molar-refractivity contribution in [1.82, 2.24) is 4.90 Å². The molecule has 2 heterocycles. The van der Waals surface area contributed by atoms with Crippen LogP contribution in [0.25, 0.3) is 0 Å². The Balaban J connectivity index is 1.50. The summed E-state index contributed by atoms with van der Waals surface area (Å²) in [5, 5.41) is 0. The van der Waals surface area contributed by atoms with Crippen LogP contribution in [0, 0.1) is 18.7 Å². The average molecular weight is 360 g/mol. The quantitative estimate of drug-likeness (QED) is 0.815. The molecule has 3 aliphatic rings. The molecule has 2 aliphatic heterocycles. The van der Waals surface area contributed by atoms with Gasteiger partial charge in [0.25, 0.3) is 0 Å². The fourth-order valence-corrected chi connectivity index (χ4v) is 4.54. The summed E-state index contributed by atoms with van der Waals surface area (Å²) >= 11 is 0. The van der Waals surface area contributed by atoms with E-state index in [9.17, 15) is 14.0 Å². The van der Waals surface area contributed by atoms with Crippen molar-refractivity contribution in [3.63, 3.8) is 0 Å². The van der Waals surface area contributed by atoms with Gasteiger partial charge in [-0.05, 0) is 37.5 Å². The van der Waals surface area contributed by atoms with Gasteiger partial charge in [-0.25, -0.2) is 4.39 Å². The molecule has 0 radical (unpaired) electrons. The summed E-state index contributed by atoms with van der Waals surface area (Å²) in [5.74, 6) is -0.970. The monoisotopic (exact) mass is 360 g/mol. The standard InChI is InChI=1S/C20H25FN2O3/c1-13-6-7-16(15(21)10-13)23-12-14(11-19(23)24)20(25)22-8-9-26-18-5-3-2-4-17(18)22/h6-7,10,14,17-18H,2-5,8-9,11-12H2,1H3. The third-order valence-corrected chi connectivity index (χ3v) is 5.88. The number of amides is 2. The minimum Gasteiger partial charge on any atom is -0.374 e. The zero-order valence-electron chi connectivity index (χ0n) is 15.1. The number of hydrogen-bond donors (Lipinski definition) is 0. The van der Waals surface area contributed by atoms with Gasteiger partial charge in [0.1, 0.15) is 5.82 Å². The molecule has 1 aliphatic carbocycles. The molecular weight excluding hydrogens is 335 g/mol. The van der Waals surface area contributed by atoms with E-state index in [2.05, 4.69) is 0 Å². The maximum atomic E-state index is 14.3. The maximum Gasteiger partial charge on any atom is 0.228 e. The van der Waals surface area contributed by atoms with E-state index in [0.29, 0.717) is 13.2 Å². The number of anilines is 1. The van der Waals surface area contributed by atoms with Crippen LogP contribution in [0.5, 0.6) is 0 Å². The molecule has 0 N–H and O–H groups in total. The number of halogens is 1. The Labute approximate surface area is 153 Å². The van der Waals surface area contributed by atoms with E-state index >= 15 is 0 Å². The first-order valence-corrected chi connectivity index (χ1v) is 9.53. The molecule has 140 valence electrons. The second-order valence-electron chi connectivity index (χ2n) is 7.65. The van der Waals surface area contributed by atoms with E-state index in [-0.39, 0.29) is 42.6 Å². The van der Waals surface area contributed by atoms with Crippen molar-refractivity contribution in [2.75, 3.05) is 24.6 Å². The van der Waals surface area contributed by atoms with Crippen LogP contribution in [-0.4, -0.2) is 48.6 Å². The predicted octanol–water partition coefficient (Wildman–Crippen LogP) is 2.66. The molecule has 3 unspecified atom stereocenters. The lowest BCUT2D eigenvalue weighted by Gasteiger charge is -2.44. The summed E-state index contributed by atoms with van der Waals surface area (Å²) in [6.45, 7) is 3.21. The molecule has 26 heavy (non-hydrogen) atoms. The minimum atomic E-state index is -0.412. The average Bonchev–Trinajstić information content (AvgIpc) is 3.02. The summed E-state index contributed by atoms with van der Waals surface area (Å²) in [7, 11) is 0. The predicted molar refractivity (Wildman–Crippen MR) is 95.3 cm³/mol. The summed E-state index contributed by atoms with van der Waals surface area (Å²) in [6.07, 6.45) is 4.50. The number of hydrogen-bond acceptors (Lipinski definition) is 3. The number of ether oxygens (including phenoxy) is 1. The first kappa shape index (κ1) is 17.5. The molecule has 2 saturated heterocycles. The third-order valence-electron chi connectivity index (χ3n) is 5.88. The highest BCUT2D eigenvalue weighted by Crippen LogP contribution is 2.33. The second-order valence-corrected chi connectivity index (χ2v) is 7.65. The van der Waals surface area contributed by atoms with Crippen LogP contribution < -0.4 is 4.90 Å². The van der Waals surface area contributed by atoms with E-state index in [1.54, 1.807) is 12.1 Å². The van der Waals surface area contributed by atoms with Crippen molar-refractivity contribution in [3.8, 4) is 0 Å². The van der Waals surface area contributed by atoms with Crippen LogP contribution in [0.4, 0.5) is 10.1 Å². The van der Waals surface area contributed by atoms with Crippen LogP contribution >= 0.6 is 0 Å². The minimum absolute atomic E-state index is 0.0218. The van der Waals surface area contributed by atoms with Gasteiger partial charge in [-0.3, -0.25) is 9.59 Å². The summed E-state index contributed by atoms with van der Waals surface area (Å²) < 4.78 is 20.1. The molecule has 1 aromatic carbocycles. The molecule has 6 heteroatoms. The molecule has 1 saturated carbocycles. The number of rotatable bonds is 2. The van der Waals surface area contributed by atoms with Gasteiger partial charge in [0.15, 0.2) is 0 Å². The number of aryl methyl sites for hydroxylation is 1. The molecule has 5 nitrogen and oxygen atoms in total. The molecule has 0 spiro atoms. The van der Waals surface area contributed by atoms with Crippen LogP contribution in [0.2, 0.25) is 0 Å². The van der Waals surface area contributed by atoms with Gasteiger partial charge in [-0.2, -0.15) is 0 Å². The fraction of sp³-hybridized carbons (Fsp3) is 0.600. The van der Waals surface area contributed by atoms with E-state index in [1.165, 1.54) is 11.0 Å². The molecule has 3 fully saturated rings. The van der Waals surface area contributed by atoms with Crippen LogP contribution in [0.15, 0.2) is 18.2 Å². The van der Waals surface area contributed by atoms with Gasteiger partial charge in [0.05, 0.1) is 30.4 Å². The Morgan fingerprint density at radius 2 is 2.08 bits per heavy atom. The molecule has 0 bridgehead atoms. The molecule has 1 aromatic rings. The van der Waals surface area contributed by atoms with Crippen molar-refractivity contribution in [2.45, 2.75) is 51.2 Å². The summed E-state index contributed by atoms with van der Waals surface area (Å²) in [6, 6.07) is 4.97. The van der Waals surface area contributed by atoms with E-state index in [0.717, 1.165) is 31.2 Å². The van der Waals surface area contributed by atoms with Crippen LogP contribution in [-0.2, 0) is 14.3 Å². The third kappa shape index (κ3) is 3.11. The van der Waals surface area contributed by atoms with Crippen molar-refractivity contribution in [2.24, 2.45) is 5.92 Å². The Kier molecular flexibility index (Phi) is 4.69. The van der Waals surface area contributed by atoms with Gasteiger partial charge < -0.3 is 14.5 Å². The molecular formula is C20H25FN2O3. The van der Waals surface area contributed by atoms with Crippen LogP contribution in [0.1, 0.15) is 37.7 Å². The largest absolute Gasteiger partial charge is 0.374 e. The van der Waals surface area contributed by atoms with Gasteiger partial charge >= 0.3 is 0 Å². The topological polar surface area (TPSA) is 49.9 Å². The molecule has 3 atom stereocenters. The number of fused-ring (bicyclic) bond motifs is 1. The Morgan fingerprint density at radius 1 is 1.27 bits per heavy atom. The number of morpholine rings is 1. The normalized spacial score (nSPS) is 29.0. The number of carbonyl (C=O) groups excluding carboxylic acids is 2. The molecule has 4 rings (SSSR count). The second kappa shape index (κ2) is 6.99. The Morgan fingerprint density at radius 3 is 2.88 bits per heavy atom. The molecule has 0 aromatic heterocycles. The lowest BCUT2D eigenvalue weighted by Crippen LogP contribution is -2.56. The van der Waals surface area contributed by atoms with Gasteiger partial charge in [-0.1, -0.05) is 18.9 Å². The number of carbonyl (C=O) groups is 2. The van der Waals surface area contributed by atoms with E-state index in [4.69, 9.17) is 4.74 Å². The fourth-order valence-electron chi connectivity index (χ4n) is 4.54. The highest BCUT2D eigenvalue weighted by molar-refractivity contribution is 6.00. The van der Waals surface area contributed by atoms with Crippen LogP contribution in [0.3, 0.4) is 0 Å². The van der Waals surface area contributed by atoms with E-state index in [1.807, 2.05) is 11.8 Å². The van der Waals surface area contributed by atoms with Gasteiger partial charge in [0.2, 0.25) is 11.8 Å². The molecule has 2 amide bonds. The van der Waals surface area contributed by atoms with Gasteiger partial charge in [0, 0.05) is 19.5 Å². The van der Waals surface area contributed by atoms with Crippen molar-refractivity contribution in [3.05, 3.63) is 29.6 Å². The SMILES string of the molecule is Cc1ccc(N2CC(C(=O)N3CCOC4CCCCC43)CC2=O)c(F)c1. The first-order valence-electron chi connectivity index (χ1n) is 9.53. The highest BCUT2D eigenvalue weighted by atomic mass is 19.1. The van der Waals surface area contributed by atoms with Crippen molar-refractivity contribution < 1.29 is 18.7 Å². The smallest absolute Gasteiger partial charge is 0.228 e. The zero-order valence-corrected chi connectivity index (χ0v) is 15.1. The Hall–Kier alpha value is -1.95. The highest BCUT2D eigenvalue weighted by Gasteiger charge is 2.43. The zero-order chi connectivity index (χ0) is 18.3. The lowest BCUT2D eigenvalue weighted by atomic mass is 9.89. The summed E-state index contributed by atoms with van der Waals surface area (Å²) in [5.41, 5.74) is 1.08. The van der Waals surface area contributed by atoms with Crippen molar-refractivity contribution in [1.29, 1.82) is 0 Å². The van der Waals surface area contributed by atoms with Crippen molar-refractivity contribution >= 4 is 17.5 Å². The number of benzene rings is 1. The Bertz CT molecular complexity index is 721. The summed E-state index contributed by atoms with van der Waals surface area (Å²) in [4.78, 5) is 28.9. The van der Waals surface area contributed by atoms with Gasteiger partial charge in [-0.15, -0.1) is 0 Å².